The van der Waals surface area contributed by atoms with Crippen LogP contribution in [0.2, 0.25) is 0 Å². The highest BCUT2D eigenvalue weighted by molar-refractivity contribution is 5.87. The summed E-state index contributed by atoms with van der Waals surface area (Å²) in [6, 6.07) is 0. The predicted molar refractivity (Wildman–Crippen MR) is 102 cm³/mol. The molecule has 0 amide bonds. The number of ether oxygens (including phenoxy) is 3. The zero-order chi connectivity index (χ0) is 18.8. The molecule has 1 unspecified atom stereocenters. The summed E-state index contributed by atoms with van der Waals surface area (Å²) in [5, 5.41) is 0. The Kier molecular flexibility index (Phi) is 6.13. The number of hydrogen-bond donors (Lipinski definition) is 0. The van der Waals surface area contributed by atoms with Gasteiger partial charge in [-0.15, -0.1) is 0 Å². The van der Waals surface area contributed by atoms with Crippen molar-refractivity contribution >= 4 is 5.97 Å². The summed E-state index contributed by atoms with van der Waals surface area (Å²) in [5.41, 5.74) is -0.302. The molecule has 4 nitrogen and oxygen atoms in total. The Hall–Kier alpha value is -0.870. The van der Waals surface area contributed by atoms with Gasteiger partial charge in [-0.2, -0.15) is 0 Å². The lowest BCUT2D eigenvalue weighted by atomic mass is 9.72. The van der Waals surface area contributed by atoms with Crippen LogP contribution >= 0.6 is 0 Å². The van der Waals surface area contributed by atoms with Crippen molar-refractivity contribution in [2.75, 3.05) is 6.61 Å². The maximum Gasteiger partial charge on any atom is 0.333 e. The Morgan fingerprint density at radius 1 is 1.00 bits per heavy atom. The minimum Gasteiger partial charge on any atom is -0.453 e. The van der Waals surface area contributed by atoms with Crippen LogP contribution in [-0.2, 0) is 19.0 Å². The van der Waals surface area contributed by atoms with Crippen molar-refractivity contribution in [2.24, 2.45) is 11.8 Å². The third kappa shape index (κ3) is 4.01. The molecule has 0 aromatic heterocycles. The normalized spacial score (nSPS) is 28.0. The van der Waals surface area contributed by atoms with Gasteiger partial charge in [0.1, 0.15) is 11.7 Å². The quantitative estimate of drug-likeness (QED) is 0.499. The van der Waals surface area contributed by atoms with Gasteiger partial charge in [0.2, 0.25) is 0 Å². The van der Waals surface area contributed by atoms with Crippen LogP contribution in [0.3, 0.4) is 0 Å². The van der Waals surface area contributed by atoms with Crippen LogP contribution in [0.5, 0.6) is 0 Å². The van der Waals surface area contributed by atoms with Gasteiger partial charge < -0.3 is 14.2 Å². The zero-order valence-corrected chi connectivity index (χ0v) is 16.9. The van der Waals surface area contributed by atoms with Crippen LogP contribution in [0, 0.1) is 11.8 Å². The second-order valence-electron chi connectivity index (χ2n) is 9.08. The van der Waals surface area contributed by atoms with Crippen molar-refractivity contribution in [1.29, 1.82) is 0 Å². The van der Waals surface area contributed by atoms with Crippen LogP contribution in [0.1, 0.15) is 85.0 Å². The Morgan fingerprint density at radius 2 is 1.50 bits per heavy atom. The topological polar surface area (TPSA) is 44.8 Å². The van der Waals surface area contributed by atoms with E-state index in [1.165, 1.54) is 64.2 Å². The van der Waals surface area contributed by atoms with E-state index in [-0.39, 0.29) is 12.1 Å². The second-order valence-corrected chi connectivity index (χ2v) is 9.08. The van der Waals surface area contributed by atoms with Crippen LogP contribution in [0.25, 0.3) is 0 Å². The Labute approximate surface area is 158 Å². The molecule has 3 fully saturated rings. The lowest BCUT2D eigenvalue weighted by molar-refractivity contribution is -0.261. The molecule has 0 aromatic rings. The van der Waals surface area contributed by atoms with Gasteiger partial charge in [-0.25, -0.2) is 4.79 Å². The summed E-state index contributed by atoms with van der Waals surface area (Å²) in [6.07, 6.45) is 12.2. The number of hydrogen-bond acceptors (Lipinski definition) is 4. The van der Waals surface area contributed by atoms with E-state index < -0.39 is 11.4 Å². The molecule has 1 aliphatic heterocycles. The van der Waals surface area contributed by atoms with E-state index in [2.05, 4.69) is 6.58 Å². The third-order valence-corrected chi connectivity index (χ3v) is 6.61. The van der Waals surface area contributed by atoms with Gasteiger partial charge in [0.25, 0.3) is 0 Å². The average molecular weight is 365 g/mol. The molecule has 26 heavy (non-hydrogen) atoms. The van der Waals surface area contributed by atoms with E-state index in [1.807, 2.05) is 13.8 Å². The average Bonchev–Trinajstić information content (AvgIpc) is 3.10. The number of rotatable bonds is 5. The van der Waals surface area contributed by atoms with Gasteiger partial charge in [0.15, 0.2) is 5.79 Å². The van der Waals surface area contributed by atoms with Crippen molar-refractivity contribution in [3.63, 3.8) is 0 Å². The standard InChI is InChI=1S/C22H36O4/c1-16(2)20(23)26-21(3,4)19-15-24-22(25-19,17-11-7-5-8-12-17)18-13-9-6-10-14-18/h17-19H,1,5-15H2,2-4H3. The molecule has 2 aliphatic carbocycles. The molecule has 0 N–H and O–H groups in total. The Morgan fingerprint density at radius 3 is 1.96 bits per heavy atom. The fourth-order valence-corrected chi connectivity index (χ4v) is 5.00. The summed E-state index contributed by atoms with van der Waals surface area (Å²) in [5.74, 6) is 0.110. The first-order valence-corrected chi connectivity index (χ1v) is 10.6. The number of carbonyl (C=O) groups excluding carboxylic acids is 1. The minimum absolute atomic E-state index is 0.227. The molecule has 3 rings (SSSR count). The molecule has 2 saturated carbocycles. The van der Waals surface area contributed by atoms with Crippen molar-refractivity contribution in [3.8, 4) is 0 Å². The maximum absolute atomic E-state index is 12.1. The zero-order valence-electron chi connectivity index (χ0n) is 16.9. The SMILES string of the molecule is C=C(C)C(=O)OC(C)(C)C1COC(C2CCCCC2)(C2CCCCC2)O1. The molecule has 3 aliphatic rings. The first-order valence-electron chi connectivity index (χ1n) is 10.6. The molecule has 0 radical (unpaired) electrons. The molecule has 0 bridgehead atoms. The lowest BCUT2D eigenvalue weighted by Crippen LogP contribution is -2.50. The van der Waals surface area contributed by atoms with Crippen LogP contribution in [0.4, 0.5) is 0 Å². The molecule has 4 heteroatoms. The number of carbonyl (C=O) groups is 1. The lowest BCUT2D eigenvalue weighted by Gasteiger charge is -2.45. The molecule has 148 valence electrons. The van der Waals surface area contributed by atoms with E-state index in [4.69, 9.17) is 14.2 Å². The summed E-state index contributed by atoms with van der Waals surface area (Å²) < 4.78 is 19.0. The molecule has 1 atom stereocenters. The predicted octanol–water partition coefficient (Wildman–Crippen LogP) is 5.16. The van der Waals surface area contributed by atoms with E-state index in [9.17, 15) is 4.79 Å². The molecular weight excluding hydrogens is 328 g/mol. The third-order valence-electron chi connectivity index (χ3n) is 6.61. The highest BCUT2D eigenvalue weighted by Crippen LogP contribution is 2.50. The monoisotopic (exact) mass is 364 g/mol. The van der Waals surface area contributed by atoms with E-state index in [1.54, 1.807) is 6.92 Å². The van der Waals surface area contributed by atoms with Gasteiger partial charge in [-0.05, 0) is 46.5 Å². The van der Waals surface area contributed by atoms with Gasteiger partial charge in [0, 0.05) is 17.4 Å². The van der Waals surface area contributed by atoms with Crippen molar-refractivity contribution in [2.45, 2.75) is 102 Å². The summed E-state index contributed by atoms with van der Waals surface area (Å²) in [6.45, 7) is 9.74. The molecule has 1 saturated heterocycles. The smallest absolute Gasteiger partial charge is 0.333 e. The second kappa shape index (κ2) is 8.02. The summed E-state index contributed by atoms with van der Waals surface area (Å²) in [4.78, 5) is 12.1. The van der Waals surface area contributed by atoms with Crippen molar-refractivity contribution in [3.05, 3.63) is 12.2 Å². The maximum atomic E-state index is 12.1. The Bertz CT molecular complexity index is 494. The first-order chi connectivity index (χ1) is 12.3. The van der Waals surface area contributed by atoms with Crippen molar-refractivity contribution < 1.29 is 19.0 Å². The highest BCUT2D eigenvalue weighted by atomic mass is 16.8. The summed E-state index contributed by atoms with van der Waals surface area (Å²) in [7, 11) is 0. The largest absolute Gasteiger partial charge is 0.453 e. The van der Waals surface area contributed by atoms with Crippen molar-refractivity contribution in [1.82, 2.24) is 0 Å². The first kappa shape index (κ1) is 19.9. The molecule has 1 heterocycles. The molecule has 0 spiro atoms. The van der Waals surface area contributed by atoms with E-state index in [0.717, 1.165) is 0 Å². The van der Waals surface area contributed by atoms with Crippen LogP contribution < -0.4 is 0 Å². The van der Waals surface area contributed by atoms with Gasteiger partial charge >= 0.3 is 5.97 Å². The van der Waals surface area contributed by atoms with Crippen LogP contribution in [-0.4, -0.2) is 30.1 Å². The molecular formula is C22H36O4. The fourth-order valence-electron chi connectivity index (χ4n) is 5.00. The van der Waals surface area contributed by atoms with Crippen LogP contribution in [0.15, 0.2) is 12.2 Å². The number of esters is 1. The summed E-state index contributed by atoms with van der Waals surface area (Å²) >= 11 is 0. The van der Waals surface area contributed by atoms with E-state index >= 15 is 0 Å². The van der Waals surface area contributed by atoms with Gasteiger partial charge in [0.05, 0.1) is 6.61 Å². The fraction of sp³-hybridized carbons (Fsp3) is 0.864. The highest BCUT2D eigenvalue weighted by Gasteiger charge is 2.56. The van der Waals surface area contributed by atoms with Gasteiger partial charge in [-0.1, -0.05) is 45.1 Å². The Balaban J connectivity index is 1.78. The van der Waals surface area contributed by atoms with Gasteiger partial charge in [-0.3, -0.25) is 0 Å². The molecule has 0 aromatic carbocycles. The minimum atomic E-state index is -0.721. The van der Waals surface area contributed by atoms with E-state index in [0.29, 0.717) is 24.0 Å².